The van der Waals surface area contributed by atoms with Crippen molar-refractivity contribution in [2.24, 2.45) is 17.8 Å². The van der Waals surface area contributed by atoms with Crippen molar-refractivity contribution in [3.05, 3.63) is 39.1 Å². The summed E-state index contributed by atoms with van der Waals surface area (Å²) in [5.41, 5.74) is 0.925. The highest BCUT2D eigenvalue weighted by molar-refractivity contribution is 7.99. The molecule has 0 aliphatic heterocycles. The van der Waals surface area contributed by atoms with E-state index in [-0.39, 0.29) is 17.0 Å². The van der Waals surface area contributed by atoms with E-state index in [9.17, 15) is 9.59 Å². The number of fused-ring (bicyclic) bond motifs is 1. The van der Waals surface area contributed by atoms with Crippen LogP contribution in [0.1, 0.15) is 44.3 Å². The molecule has 0 radical (unpaired) electrons. The Hall–Kier alpha value is -1.64. The first-order valence-electron chi connectivity index (χ1n) is 11.0. The molecule has 0 atom stereocenters. The Kier molecular flexibility index (Phi) is 5.00. The molecule has 5 nitrogen and oxygen atoms in total. The number of rotatable bonds is 6. The fourth-order valence-corrected chi connectivity index (χ4v) is 8.98. The Bertz CT molecular complexity index is 1150. The van der Waals surface area contributed by atoms with Crippen LogP contribution in [0, 0.1) is 17.8 Å². The van der Waals surface area contributed by atoms with E-state index in [1.807, 2.05) is 22.9 Å². The molecule has 7 rings (SSSR count). The maximum Gasteiger partial charge on any atom is 0.260 e. The first-order valence-corrected chi connectivity index (χ1v) is 13.9. The van der Waals surface area contributed by atoms with Crippen LogP contribution in [0.2, 0.25) is 0 Å². The number of carbonyl (C=O) groups excluding carboxylic acids is 1. The molecule has 4 saturated carbocycles. The van der Waals surface area contributed by atoms with E-state index in [1.165, 1.54) is 61.6 Å². The monoisotopic (exact) mass is 471 g/mol. The van der Waals surface area contributed by atoms with Crippen molar-refractivity contribution in [2.75, 3.05) is 5.75 Å². The fourth-order valence-electron chi connectivity index (χ4n) is 6.51. The van der Waals surface area contributed by atoms with E-state index in [4.69, 9.17) is 0 Å². The number of nitrogens with zero attached hydrogens (tertiary/aromatic N) is 1. The summed E-state index contributed by atoms with van der Waals surface area (Å²) in [5, 5.41) is 8.11. The van der Waals surface area contributed by atoms with Gasteiger partial charge < -0.3 is 10.3 Å². The van der Waals surface area contributed by atoms with Gasteiger partial charge in [0.1, 0.15) is 10.7 Å². The zero-order chi connectivity index (χ0) is 21.0. The molecular formula is C23H25N3O2S3. The van der Waals surface area contributed by atoms with Crippen molar-refractivity contribution in [2.45, 2.75) is 49.8 Å². The van der Waals surface area contributed by atoms with Gasteiger partial charge in [0.05, 0.1) is 16.9 Å². The zero-order valence-corrected chi connectivity index (χ0v) is 19.6. The molecule has 1 amide bonds. The molecule has 2 N–H and O–H groups in total. The van der Waals surface area contributed by atoms with Crippen LogP contribution in [0.4, 0.5) is 0 Å². The Labute approximate surface area is 193 Å². The number of carbonyl (C=O) groups is 1. The quantitative estimate of drug-likeness (QED) is 0.529. The molecule has 3 aromatic heterocycles. The first kappa shape index (κ1) is 20.0. The molecule has 162 valence electrons. The van der Waals surface area contributed by atoms with Gasteiger partial charge in [-0.2, -0.15) is 0 Å². The summed E-state index contributed by atoms with van der Waals surface area (Å²) < 4.78 is 0. The van der Waals surface area contributed by atoms with E-state index in [2.05, 4.69) is 15.3 Å². The minimum atomic E-state index is -0.0942. The summed E-state index contributed by atoms with van der Waals surface area (Å²) in [5.74, 6) is 4.19. The largest absolute Gasteiger partial charge is 0.350 e. The minimum Gasteiger partial charge on any atom is -0.350 e. The standard InChI is InChI=1S/C23H25N3O2S3/c27-19(26-23-7-13-4-14(8-23)6-15(5-13)9-23)12-29-11-18-24-21(28)20-16(10-31-22(20)25-18)17-2-1-3-30-17/h1-3,10,13-15H,4-9,11-12H2,(H,26,27)(H,24,25,28). The second kappa shape index (κ2) is 7.74. The van der Waals surface area contributed by atoms with Crippen LogP contribution in [0.25, 0.3) is 20.7 Å². The average molecular weight is 472 g/mol. The van der Waals surface area contributed by atoms with E-state index in [1.54, 1.807) is 11.3 Å². The van der Waals surface area contributed by atoms with Gasteiger partial charge in [0.15, 0.2) is 0 Å². The summed E-state index contributed by atoms with van der Waals surface area (Å²) in [4.78, 5) is 34.9. The van der Waals surface area contributed by atoms with Gasteiger partial charge in [-0.25, -0.2) is 4.98 Å². The molecule has 0 spiro atoms. The minimum absolute atomic E-state index is 0.0625. The summed E-state index contributed by atoms with van der Waals surface area (Å²) in [7, 11) is 0. The van der Waals surface area contributed by atoms with Crippen molar-refractivity contribution in [3.8, 4) is 10.4 Å². The smallest absolute Gasteiger partial charge is 0.260 e. The number of nitrogens with one attached hydrogen (secondary N) is 2. The lowest BCUT2D eigenvalue weighted by molar-refractivity contribution is -0.124. The SMILES string of the molecule is O=C(CSCc1nc2scc(-c3cccs3)c2c(=O)[nH]1)NC12CC3CC(CC(C3)C1)C2. The Morgan fingerprint density at radius 3 is 2.61 bits per heavy atom. The first-order chi connectivity index (χ1) is 15.1. The predicted octanol–water partition coefficient (Wildman–Crippen LogP) is 5.03. The molecule has 4 aliphatic carbocycles. The number of thioether (sulfide) groups is 1. The molecule has 3 heterocycles. The second-order valence-corrected chi connectivity index (χ2v) is 12.3. The molecule has 4 fully saturated rings. The fraction of sp³-hybridized carbons (Fsp3) is 0.522. The van der Waals surface area contributed by atoms with Gasteiger partial charge in [0.2, 0.25) is 5.91 Å². The highest BCUT2D eigenvalue weighted by Crippen LogP contribution is 2.55. The molecule has 0 unspecified atom stereocenters. The molecular weight excluding hydrogens is 446 g/mol. The topological polar surface area (TPSA) is 74.8 Å². The third kappa shape index (κ3) is 3.76. The van der Waals surface area contributed by atoms with E-state index in [0.29, 0.717) is 22.7 Å². The predicted molar refractivity (Wildman–Crippen MR) is 129 cm³/mol. The summed E-state index contributed by atoms with van der Waals surface area (Å²) in [6.45, 7) is 0. The van der Waals surface area contributed by atoms with Gasteiger partial charge in [-0.3, -0.25) is 9.59 Å². The summed E-state index contributed by atoms with van der Waals surface area (Å²) >= 11 is 4.66. The van der Waals surface area contributed by atoms with Crippen LogP contribution in [0.5, 0.6) is 0 Å². The van der Waals surface area contributed by atoms with Gasteiger partial charge in [-0.1, -0.05) is 6.07 Å². The lowest BCUT2D eigenvalue weighted by atomic mass is 9.53. The number of H-pyrrole nitrogens is 1. The number of amides is 1. The van der Waals surface area contributed by atoms with Gasteiger partial charge in [0, 0.05) is 21.4 Å². The molecule has 31 heavy (non-hydrogen) atoms. The van der Waals surface area contributed by atoms with Gasteiger partial charge in [0.25, 0.3) is 5.56 Å². The van der Waals surface area contributed by atoms with Crippen LogP contribution in [0.3, 0.4) is 0 Å². The summed E-state index contributed by atoms with van der Waals surface area (Å²) in [6.07, 6.45) is 7.65. The van der Waals surface area contributed by atoms with Gasteiger partial charge in [-0.15, -0.1) is 34.4 Å². The number of hydrogen-bond donors (Lipinski definition) is 2. The van der Waals surface area contributed by atoms with Crippen LogP contribution in [-0.4, -0.2) is 27.2 Å². The molecule has 3 aromatic rings. The van der Waals surface area contributed by atoms with Crippen LogP contribution >= 0.6 is 34.4 Å². The van der Waals surface area contributed by atoms with Crippen molar-refractivity contribution >= 4 is 50.6 Å². The Balaban J connectivity index is 1.10. The maximum absolute atomic E-state index is 12.7. The normalized spacial score (nSPS) is 29.0. The molecule has 0 saturated heterocycles. The molecule has 4 bridgehead atoms. The zero-order valence-electron chi connectivity index (χ0n) is 17.2. The Morgan fingerprint density at radius 2 is 1.94 bits per heavy atom. The van der Waals surface area contributed by atoms with Crippen LogP contribution < -0.4 is 10.9 Å². The van der Waals surface area contributed by atoms with Gasteiger partial charge >= 0.3 is 0 Å². The lowest BCUT2D eigenvalue weighted by Gasteiger charge is -2.56. The average Bonchev–Trinajstić information content (AvgIpc) is 3.36. The van der Waals surface area contributed by atoms with Crippen molar-refractivity contribution in [1.29, 1.82) is 0 Å². The lowest BCUT2D eigenvalue weighted by Crippen LogP contribution is -2.60. The molecule has 0 aromatic carbocycles. The number of hydrogen-bond acceptors (Lipinski definition) is 6. The highest BCUT2D eigenvalue weighted by atomic mass is 32.2. The second-order valence-electron chi connectivity index (χ2n) is 9.56. The molecule has 4 aliphatic rings. The Morgan fingerprint density at radius 1 is 1.19 bits per heavy atom. The number of aromatic amines is 1. The number of thiophene rings is 2. The van der Waals surface area contributed by atoms with Crippen molar-refractivity contribution in [3.63, 3.8) is 0 Å². The van der Waals surface area contributed by atoms with Gasteiger partial charge in [-0.05, 0) is 67.7 Å². The third-order valence-electron chi connectivity index (χ3n) is 7.19. The van der Waals surface area contributed by atoms with Crippen LogP contribution in [-0.2, 0) is 10.5 Å². The third-order valence-corrected chi connectivity index (χ3v) is 9.91. The number of aromatic nitrogens is 2. The van der Waals surface area contributed by atoms with E-state index < -0.39 is 0 Å². The van der Waals surface area contributed by atoms with E-state index >= 15 is 0 Å². The van der Waals surface area contributed by atoms with E-state index in [0.717, 1.165) is 33.0 Å². The van der Waals surface area contributed by atoms with Crippen molar-refractivity contribution in [1.82, 2.24) is 15.3 Å². The van der Waals surface area contributed by atoms with Crippen molar-refractivity contribution < 1.29 is 4.79 Å². The molecule has 8 heteroatoms. The maximum atomic E-state index is 12.7. The van der Waals surface area contributed by atoms with Crippen LogP contribution in [0.15, 0.2) is 27.7 Å². The highest BCUT2D eigenvalue weighted by Gasteiger charge is 2.51. The summed E-state index contributed by atoms with van der Waals surface area (Å²) in [6, 6.07) is 4.02.